The van der Waals surface area contributed by atoms with Crippen molar-refractivity contribution in [2.45, 2.75) is 26.0 Å². The highest BCUT2D eigenvalue weighted by Gasteiger charge is 2.24. The van der Waals surface area contributed by atoms with Crippen LogP contribution in [-0.2, 0) is 13.2 Å². The number of ether oxygens (including phenoxy) is 2. The van der Waals surface area contributed by atoms with Crippen molar-refractivity contribution in [3.8, 4) is 22.6 Å². The van der Waals surface area contributed by atoms with E-state index in [1.54, 1.807) is 30.3 Å². The van der Waals surface area contributed by atoms with Gasteiger partial charge in [0, 0.05) is 17.3 Å². The van der Waals surface area contributed by atoms with Gasteiger partial charge in [0.05, 0.1) is 31.5 Å². The lowest BCUT2D eigenvalue weighted by atomic mass is 9.99. The van der Waals surface area contributed by atoms with E-state index in [0.717, 1.165) is 17.6 Å². The van der Waals surface area contributed by atoms with E-state index in [0.29, 0.717) is 46.1 Å². The van der Waals surface area contributed by atoms with Crippen molar-refractivity contribution in [3.05, 3.63) is 77.4 Å². The molecule has 1 saturated carbocycles. The summed E-state index contributed by atoms with van der Waals surface area (Å²) in [4.78, 5) is 13.1. The Bertz CT molecular complexity index is 1160. The fourth-order valence-corrected chi connectivity index (χ4v) is 3.50. The maximum absolute atomic E-state index is 14.0. The number of nitrogens with one attached hydrogen (secondary N) is 1. The summed E-state index contributed by atoms with van der Waals surface area (Å²) in [6, 6.07) is 11.3. The van der Waals surface area contributed by atoms with Gasteiger partial charge in [0.15, 0.2) is 11.6 Å². The highest BCUT2D eigenvalue weighted by molar-refractivity contribution is 5.98. The second-order valence-corrected chi connectivity index (χ2v) is 8.04. The fourth-order valence-electron chi connectivity index (χ4n) is 3.50. The lowest BCUT2D eigenvalue weighted by Gasteiger charge is -2.14. The zero-order chi connectivity index (χ0) is 23.4. The predicted molar refractivity (Wildman–Crippen MR) is 118 cm³/mol. The molecule has 0 radical (unpaired) electrons. The van der Waals surface area contributed by atoms with Crippen LogP contribution in [0.25, 0.3) is 11.1 Å². The fraction of sp³-hybridized carbons (Fsp3) is 0.280. The van der Waals surface area contributed by atoms with Gasteiger partial charge in [-0.05, 0) is 59.7 Å². The molecule has 0 saturated heterocycles. The van der Waals surface area contributed by atoms with Gasteiger partial charge in [-0.15, -0.1) is 0 Å². The second-order valence-electron chi connectivity index (χ2n) is 8.04. The van der Waals surface area contributed by atoms with Crippen molar-refractivity contribution in [2.24, 2.45) is 5.92 Å². The largest absolute Gasteiger partial charge is 0.494 e. The molecule has 1 aliphatic rings. The molecular weight excluding hydrogens is 427 g/mol. The Morgan fingerprint density at radius 3 is 2.67 bits per heavy atom. The van der Waals surface area contributed by atoms with Crippen LogP contribution in [0.5, 0.6) is 11.5 Å². The molecule has 1 aromatic heterocycles. The average Bonchev–Trinajstić information content (AvgIpc) is 3.66. The number of pyridine rings is 1. The van der Waals surface area contributed by atoms with Gasteiger partial charge in [0.25, 0.3) is 5.91 Å². The first-order valence-electron chi connectivity index (χ1n) is 10.7. The lowest BCUT2D eigenvalue weighted by Crippen LogP contribution is -2.29. The van der Waals surface area contributed by atoms with Gasteiger partial charge >= 0.3 is 0 Å². The van der Waals surface area contributed by atoms with Crippen LogP contribution in [0.1, 0.15) is 34.3 Å². The van der Waals surface area contributed by atoms with E-state index < -0.39 is 5.82 Å². The van der Waals surface area contributed by atoms with E-state index in [9.17, 15) is 19.5 Å². The third kappa shape index (κ3) is 5.40. The van der Waals surface area contributed by atoms with E-state index in [1.807, 2.05) is 0 Å². The normalized spacial score (nSPS) is 12.9. The van der Waals surface area contributed by atoms with Crippen LogP contribution < -0.4 is 19.5 Å². The number of carbonyl (C=O) groups excluding carboxylic acids is 1. The number of aliphatic hydroxyl groups excluding tert-OH is 1. The number of rotatable bonds is 9. The van der Waals surface area contributed by atoms with Crippen LogP contribution in [0, 0.1) is 11.7 Å². The summed E-state index contributed by atoms with van der Waals surface area (Å²) in [6.45, 7) is 0.434. The highest BCUT2D eigenvalue weighted by Crippen LogP contribution is 2.32. The van der Waals surface area contributed by atoms with Gasteiger partial charge in [-0.25, -0.2) is 4.39 Å². The average molecular weight is 453 g/mol. The SMILES string of the molecule is COc1ccc(CNC(=O)c2cc(-c3c[n+](O)ccc3CO)ccc2OCC2CC2)cc1F. The minimum atomic E-state index is -0.502. The van der Waals surface area contributed by atoms with Crippen molar-refractivity contribution in [1.29, 1.82) is 0 Å². The van der Waals surface area contributed by atoms with Gasteiger partial charge in [0.1, 0.15) is 5.75 Å². The van der Waals surface area contributed by atoms with Crippen molar-refractivity contribution in [1.82, 2.24) is 5.32 Å². The van der Waals surface area contributed by atoms with Gasteiger partial charge < -0.3 is 19.9 Å². The molecule has 0 unspecified atom stereocenters. The zero-order valence-corrected chi connectivity index (χ0v) is 18.3. The minimum absolute atomic E-state index is 0.121. The molecule has 0 atom stereocenters. The molecule has 1 heterocycles. The van der Waals surface area contributed by atoms with Gasteiger partial charge in [-0.2, -0.15) is 0 Å². The van der Waals surface area contributed by atoms with E-state index in [1.165, 1.54) is 31.6 Å². The molecule has 0 aliphatic heterocycles. The molecule has 172 valence electrons. The van der Waals surface area contributed by atoms with Crippen LogP contribution in [0.15, 0.2) is 54.9 Å². The summed E-state index contributed by atoms with van der Waals surface area (Å²) in [5.41, 5.74) is 2.74. The third-order valence-electron chi connectivity index (χ3n) is 5.58. The number of aromatic nitrogens is 1. The molecule has 33 heavy (non-hydrogen) atoms. The third-order valence-corrected chi connectivity index (χ3v) is 5.58. The first-order valence-corrected chi connectivity index (χ1v) is 10.7. The zero-order valence-electron chi connectivity index (χ0n) is 18.3. The molecule has 0 bridgehead atoms. The molecular formula is C25H26FN2O5+. The molecule has 3 aromatic rings. The molecule has 3 N–H and O–H groups in total. The number of hydrogen-bond acceptors (Lipinski definition) is 5. The maximum Gasteiger partial charge on any atom is 0.255 e. The first kappa shape index (κ1) is 22.5. The Hall–Kier alpha value is -3.65. The first-order chi connectivity index (χ1) is 16.0. The smallest absolute Gasteiger partial charge is 0.255 e. The van der Waals surface area contributed by atoms with Crippen LogP contribution in [0.3, 0.4) is 0 Å². The number of aliphatic hydroxyl groups is 1. The number of amides is 1. The molecule has 1 amide bonds. The second kappa shape index (κ2) is 9.87. The van der Waals surface area contributed by atoms with E-state index >= 15 is 0 Å². The predicted octanol–water partition coefficient (Wildman–Crippen LogP) is 3.24. The topological polar surface area (TPSA) is 91.9 Å². The number of benzene rings is 2. The summed E-state index contributed by atoms with van der Waals surface area (Å²) < 4.78 is 25.7. The summed E-state index contributed by atoms with van der Waals surface area (Å²) in [5, 5.41) is 22.3. The highest BCUT2D eigenvalue weighted by atomic mass is 19.1. The van der Waals surface area contributed by atoms with Gasteiger partial charge in [0.2, 0.25) is 12.4 Å². The summed E-state index contributed by atoms with van der Waals surface area (Å²) in [6.07, 6.45) is 5.11. The van der Waals surface area contributed by atoms with Gasteiger partial charge in [-0.1, -0.05) is 12.1 Å². The molecule has 2 aromatic carbocycles. The monoisotopic (exact) mass is 453 g/mol. The Morgan fingerprint density at radius 2 is 1.97 bits per heavy atom. The van der Waals surface area contributed by atoms with Crippen molar-refractivity contribution < 1.29 is 33.7 Å². The van der Waals surface area contributed by atoms with E-state index in [4.69, 9.17) is 9.47 Å². The summed E-state index contributed by atoms with van der Waals surface area (Å²) >= 11 is 0. The molecule has 7 nitrogen and oxygen atoms in total. The van der Waals surface area contributed by atoms with Crippen molar-refractivity contribution in [2.75, 3.05) is 13.7 Å². The quantitative estimate of drug-likeness (QED) is 0.342. The van der Waals surface area contributed by atoms with Crippen LogP contribution in [-0.4, -0.2) is 29.9 Å². The Labute approximate surface area is 191 Å². The van der Waals surface area contributed by atoms with E-state index in [2.05, 4.69) is 5.32 Å². The van der Waals surface area contributed by atoms with Gasteiger partial charge in [-0.3, -0.25) is 10.0 Å². The number of methoxy groups -OCH3 is 1. The Morgan fingerprint density at radius 1 is 1.18 bits per heavy atom. The Balaban J connectivity index is 1.60. The summed E-state index contributed by atoms with van der Waals surface area (Å²) in [7, 11) is 1.39. The standard InChI is InChI=1S/C25H25FN2O5/c1-32-24-6-4-17(10-22(24)26)12-27-25(30)20-11-18(5-7-23(20)33-15-16-2-3-16)21-13-28(31)9-8-19(21)14-29/h4-11,13,16,29H,2-3,12,14-15H2,1H3,(H-,27,30,31)/p+1. The molecule has 8 heteroatoms. The van der Waals surface area contributed by atoms with Crippen LogP contribution in [0.4, 0.5) is 4.39 Å². The number of nitrogens with zero attached hydrogens (tertiary/aromatic N) is 1. The lowest BCUT2D eigenvalue weighted by molar-refractivity contribution is -0.904. The van der Waals surface area contributed by atoms with Crippen LogP contribution in [0.2, 0.25) is 0 Å². The number of hydrogen-bond donors (Lipinski definition) is 3. The number of halogens is 1. The molecule has 0 spiro atoms. The van der Waals surface area contributed by atoms with Crippen LogP contribution >= 0.6 is 0 Å². The van der Waals surface area contributed by atoms with E-state index in [-0.39, 0.29) is 24.8 Å². The van der Waals surface area contributed by atoms with Crippen molar-refractivity contribution >= 4 is 5.91 Å². The summed E-state index contributed by atoms with van der Waals surface area (Å²) in [5.74, 6) is 0.209. The maximum atomic E-state index is 14.0. The molecule has 1 aliphatic carbocycles. The van der Waals surface area contributed by atoms with Crippen molar-refractivity contribution in [3.63, 3.8) is 0 Å². The number of carbonyl (C=O) groups is 1. The molecule has 4 rings (SSSR count). The Kier molecular flexibility index (Phi) is 6.74. The minimum Gasteiger partial charge on any atom is -0.494 e. The molecule has 1 fully saturated rings.